The van der Waals surface area contributed by atoms with Crippen LogP contribution in [0.5, 0.6) is 0 Å². The van der Waals surface area contributed by atoms with Crippen LogP contribution in [0, 0.1) is 5.92 Å². The second-order valence-electron chi connectivity index (χ2n) is 3.08. The summed E-state index contributed by atoms with van der Waals surface area (Å²) in [5.74, 6) is 0.359. The van der Waals surface area contributed by atoms with Crippen LogP contribution in [0.4, 0.5) is 0 Å². The first kappa shape index (κ1) is 8.05. The Hall–Kier alpha value is -1.05. The van der Waals surface area contributed by atoms with Crippen molar-refractivity contribution in [1.29, 1.82) is 0 Å². The van der Waals surface area contributed by atoms with E-state index in [1.807, 2.05) is 25.2 Å². The molecule has 11 heavy (non-hydrogen) atoms. The van der Waals surface area contributed by atoms with Gasteiger partial charge >= 0.3 is 0 Å². The van der Waals surface area contributed by atoms with Crippen molar-refractivity contribution in [1.82, 2.24) is 5.32 Å². The fourth-order valence-electron chi connectivity index (χ4n) is 1.14. The van der Waals surface area contributed by atoms with Gasteiger partial charge in [-0.1, -0.05) is 31.2 Å². The molecule has 1 amide bonds. The molecule has 1 N–H and O–H groups in total. The third-order valence-electron chi connectivity index (χ3n) is 2.27. The van der Waals surface area contributed by atoms with Crippen LogP contribution in [-0.2, 0) is 4.79 Å². The smallest absolute Gasteiger partial charge is 0.207 e. The Kier molecular flexibility index (Phi) is 2.13. The van der Waals surface area contributed by atoms with Crippen molar-refractivity contribution in [3.8, 4) is 0 Å². The molecule has 0 heterocycles. The van der Waals surface area contributed by atoms with E-state index in [1.54, 1.807) is 0 Å². The number of allylic oxidation sites excluding steroid dienone is 2. The molecule has 2 nitrogen and oxygen atoms in total. The number of carbonyl (C=O) groups is 1. The molecular weight excluding hydrogens is 138 g/mol. The minimum absolute atomic E-state index is 0.198. The van der Waals surface area contributed by atoms with Crippen LogP contribution in [0.15, 0.2) is 24.3 Å². The second-order valence-corrected chi connectivity index (χ2v) is 3.08. The lowest BCUT2D eigenvalue weighted by atomic mass is 9.84. The van der Waals surface area contributed by atoms with E-state index in [-0.39, 0.29) is 5.54 Å². The molecule has 2 atom stereocenters. The van der Waals surface area contributed by atoms with E-state index in [0.29, 0.717) is 5.92 Å². The van der Waals surface area contributed by atoms with Crippen molar-refractivity contribution in [3.05, 3.63) is 24.3 Å². The zero-order chi connectivity index (χ0) is 8.32. The Morgan fingerprint density at radius 3 is 2.82 bits per heavy atom. The van der Waals surface area contributed by atoms with Gasteiger partial charge < -0.3 is 5.32 Å². The Labute approximate surface area is 67.0 Å². The third kappa shape index (κ3) is 1.50. The van der Waals surface area contributed by atoms with Crippen molar-refractivity contribution < 1.29 is 4.79 Å². The molecule has 1 aliphatic rings. The molecule has 0 radical (unpaired) electrons. The van der Waals surface area contributed by atoms with Crippen LogP contribution >= 0.6 is 0 Å². The standard InChI is InChI=1S/C9H13NO/c1-8-5-3-4-6-9(8,2)10-7-11/h3-8H,1-2H3,(H,10,11). The van der Waals surface area contributed by atoms with E-state index in [2.05, 4.69) is 18.3 Å². The van der Waals surface area contributed by atoms with Gasteiger partial charge in [0.2, 0.25) is 6.41 Å². The molecule has 0 saturated carbocycles. The molecule has 0 aliphatic heterocycles. The summed E-state index contributed by atoms with van der Waals surface area (Å²) >= 11 is 0. The van der Waals surface area contributed by atoms with Crippen LogP contribution in [0.25, 0.3) is 0 Å². The number of rotatable bonds is 2. The van der Waals surface area contributed by atoms with E-state index in [4.69, 9.17) is 0 Å². The van der Waals surface area contributed by atoms with Gasteiger partial charge in [-0.2, -0.15) is 0 Å². The number of carbonyl (C=O) groups excluding carboxylic acids is 1. The van der Waals surface area contributed by atoms with E-state index < -0.39 is 0 Å². The predicted octanol–water partition coefficient (Wildman–Crippen LogP) is 1.25. The minimum Gasteiger partial charge on any atom is -0.349 e. The van der Waals surface area contributed by atoms with Crippen molar-refractivity contribution >= 4 is 6.41 Å². The van der Waals surface area contributed by atoms with Crippen molar-refractivity contribution in [2.24, 2.45) is 5.92 Å². The lowest BCUT2D eigenvalue weighted by molar-refractivity contribution is -0.110. The van der Waals surface area contributed by atoms with Crippen LogP contribution in [0.1, 0.15) is 13.8 Å². The Morgan fingerprint density at radius 2 is 2.27 bits per heavy atom. The number of nitrogens with one attached hydrogen (secondary N) is 1. The predicted molar refractivity (Wildman–Crippen MR) is 45.0 cm³/mol. The summed E-state index contributed by atoms with van der Waals surface area (Å²) in [6.07, 6.45) is 8.79. The Morgan fingerprint density at radius 1 is 1.55 bits per heavy atom. The number of hydrogen-bond donors (Lipinski definition) is 1. The van der Waals surface area contributed by atoms with Gasteiger partial charge in [-0.3, -0.25) is 4.79 Å². The molecule has 1 rings (SSSR count). The summed E-state index contributed by atoms with van der Waals surface area (Å²) in [7, 11) is 0. The summed E-state index contributed by atoms with van der Waals surface area (Å²) in [5.41, 5.74) is -0.198. The highest BCUT2D eigenvalue weighted by Crippen LogP contribution is 2.22. The average Bonchev–Trinajstić information content (AvgIpc) is 1.96. The van der Waals surface area contributed by atoms with E-state index in [9.17, 15) is 4.79 Å². The summed E-state index contributed by atoms with van der Waals surface area (Å²) in [5, 5.41) is 2.79. The highest BCUT2D eigenvalue weighted by molar-refractivity contribution is 5.50. The minimum atomic E-state index is -0.198. The molecule has 2 heteroatoms. The molecule has 1 aliphatic carbocycles. The second kappa shape index (κ2) is 2.91. The molecular formula is C9H13NO. The molecule has 0 aromatic rings. The van der Waals surface area contributed by atoms with Crippen molar-refractivity contribution in [2.75, 3.05) is 0 Å². The van der Waals surface area contributed by atoms with Crippen LogP contribution in [0.3, 0.4) is 0 Å². The summed E-state index contributed by atoms with van der Waals surface area (Å²) < 4.78 is 0. The molecule has 0 aromatic heterocycles. The molecule has 0 saturated heterocycles. The Bertz CT molecular complexity index is 208. The van der Waals surface area contributed by atoms with Crippen LogP contribution in [-0.4, -0.2) is 11.9 Å². The molecule has 0 fully saturated rings. The van der Waals surface area contributed by atoms with Gasteiger partial charge in [-0.15, -0.1) is 0 Å². The number of hydrogen-bond acceptors (Lipinski definition) is 1. The highest BCUT2D eigenvalue weighted by Gasteiger charge is 2.26. The summed E-state index contributed by atoms with van der Waals surface area (Å²) in [6.45, 7) is 4.09. The van der Waals surface area contributed by atoms with Crippen molar-refractivity contribution in [2.45, 2.75) is 19.4 Å². The molecule has 60 valence electrons. The lowest BCUT2D eigenvalue weighted by Crippen LogP contribution is -2.45. The first-order chi connectivity index (χ1) is 5.19. The van der Waals surface area contributed by atoms with Gasteiger partial charge in [0.25, 0.3) is 0 Å². The van der Waals surface area contributed by atoms with Gasteiger partial charge in [-0.25, -0.2) is 0 Å². The topological polar surface area (TPSA) is 29.1 Å². The monoisotopic (exact) mass is 151 g/mol. The molecule has 0 bridgehead atoms. The van der Waals surface area contributed by atoms with E-state index in [0.717, 1.165) is 6.41 Å². The SMILES string of the molecule is CC1C=CC=CC1(C)NC=O. The first-order valence-electron chi connectivity index (χ1n) is 3.76. The lowest BCUT2D eigenvalue weighted by Gasteiger charge is -2.32. The summed E-state index contributed by atoms with van der Waals surface area (Å²) in [6, 6.07) is 0. The zero-order valence-electron chi connectivity index (χ0n) is 6.87. The van der Waals surface area contributed by atoms with Gasteiger partial charge in [0.05, 0.1) is 5.54 Å². The van der Waals surface area contributed by atoms with Gasteiger partial charge in [0.1, 0.15) is 0 Å². The molecule has 0 aromatic carbocycles. The maximum Gasteiger partial charge on any atom is 0.207 e. The molecule has 2 unspecified atom stereocenters. The van der Waals surface area contributed by atoms with Gasteiger partial charge in [-0.05, 0) is 6.92 Å². The van der Waals surface area contributed by atoms with Gasteiger partial charge in [0.15, 0.2) is 0 Å². The maximum absolute atomic E-state index is 10.3. The van der Waals surface area contributed by atoms with Crippen molar-refractivity contribution in [3.63, 3.8) is 0 Å². The zero-order valence-corrected chi connectivity index (χ0v) is 6.87. The summed E-state index contributed by atoms with van der Waals surface area (Å²) in [4.78, 5) is 10.3. The quantitative estimate of drug-likeness (QED) is 0.591. The van der Waals surface area contributed by atoms with Crippen LogP contribution < -0.4 is 5.32 Å². The van der Waals surface area contributed by atoms with Gasteiger partial charge in [0, 0.05) is 5.92 Å². The average molecular weight is 151 g/mol. The number of amides is 1. The fraction of sp³-hybridized carbons (Fsp3) is 0.444. The normalized spacial score (nSPS) is 35.3. The molecule has 0 spiro atoms. The first-order valence-corrected chi connectivity index (χ1v) is 3.76. The highest BCUT2D eigenvalue weighted by atomic mass is 16.1. The maximum atomic E-state index is 10.3. The van der Waals surface area contributed by atoms with Crippen LogP contribution in [0.2, 0.25) is 0 Å². The fourth-order valence-corrected chi connectivity index (χ4v) is 1.14. The Balaban J connectivity index is 2.76. The van der Waals surface area contributed by atoms with E-state index in [1.165, 1.54) is 0 Å². The largest absolute Gasteiger partial charge is 0.349 e. The third-order valence-corrected chi connectivity index (χ3v) is 2.27. The van der Waals surface area contributed by atoms with E-state index >= 15 is 0 Å².